The number of sulfonamides is 1. The minimum absolute atomic E-state index is 0.118. The van der Waals surface area contributed by atoms with Gasteiger partial charge in [-0.2, -0.15) is 0 Å². The van der Waals surface area contributed by atoms with E-state index in [1.807, 2.05) is 30.3 Å². The van der Waals surface area contributed by atoms with Crippen LogP contribution in [0.1, 0.15) is 0 Å². The highest BCUT2D eigenvalue weighted by atomic mass is 32.2. The van der Waals surface area contributed by atoms with E-state index < -0.39 is 22.7 Å². The molecular weight excluding hydrogens is 290 g/mol. The van der Waals surface area contributed by atoms with Crippen molar-refractivity contribution in [1.29, 1.82) is 0 Å². The summed E-state index contributed by atoms with van der Waals surface area (Å²) in [5.74, 6) is 0. The van der Waals surface area contributed by atoms with Gasteiger partial charge in [0.25, 0.3) is 0 Å². The van der Waals surface area contributed by atoms with E-state index in [0.717, 1.165) is 11.1 Å². The average Bonchev–Trinajstić information content (AvgIpc) is 2.53. The lowest BCUT2D eigenvalue weighted by Gasteiger charge is -2.10. The zero-order valence-electron chi connectivity index (χ0n) is 11.3. The summed E-state index contributed by atoms with van der Waals surface area (Å²) in [7, 11) is -3.69. The third-order valence-corrected chi connectivity index (χ3v) is 4.43. The zero-order chi connectivity index (χ0) is 15.3. The Morgan fingerprint density at radius 2 is 1.52 bits per heavy atom. The van der Waals surface area contributed by atoms with Gasteiger partial charge in [-0.25, -0.2) is 13.1 Å². The van der Waals surface area contributed by atoms with Gasteiger partial charge < -0.3 is 10.2 Å². The Kier molecular flexibility index (Phi) is 5.08. The van der Waals surface area contributed by atoms with Crippen LogP contribution >= 0.6 is 0 Å². The molecule has 0 aliphatic heterocycles. The summed E-state index contributed by atoms with van der Waals surface area (Å²) in [5.41, 5.74) is 1.93. The van der Waals surface area contributed by atoms with E-state index in [2.05, 4.69) is 4.72 Å². The molecule has 21 heavy (non-hydrogen) atoms. The zero-order valence-corrected chi connectivity index (χ0v) is 12.1. The third-order valence-electron chi connectivity index (χ3n) is 2.99. The first-order chi connectivity index (χ1) is 10.0. The van der Waals surface area contributed by atoms with Gasteiger partial charge in [-0.1, -0.05) is 42.5 Å². The van der Waals surface area contributed by atoms with Crippen molar-refractivity contribution in [2.45, 2.75) is 11.0 Å². The molecular formula is C15H17NO4S. The van der Waals surface area contributed by atoms with Crippen LogP contribution in [0.25, 0.3) is 11.1 Å². The van der Waals surface area contributed by atoms with Crippen LogP contribution in [0.4, 0.5) is 0 Å². The first kappa shape index (κ1) is 15.7. The minimum atomic E-state index is -3.69. The van der Waals surface area contributed by atoms with Crippen LogP contribution in [0.3, 0.4) is 0 Å². The number of aliphatic hydroxyl groups is 2. The highest BCUT2D eigenvalue weighted by Gasteiger charge is 2.15. The Labute approximate surface area is 123 Å². The van der Waals surface area contributed by atoms with Gasteiger partial charge in [0, 0.05) is 6.54 Å². The molecule has 1 unspecified atom stereocenters. The van der Waals surface area contributed by atoms with E-state index in [1.54, 1.807) is 12.1 Å². The molecule has 0 heterocycles. The van der Waals surface area contributed by atoms with Crippen LogP contribution in [-0.4, -0.2) is 37.9 Å². The van der Waals surface area contributed by atoms with Gasteiger partial charge in [0.1, 0.15) is 0 Å². The number of aliphatic hydroxyl groups excluding tert-OH is 2. The monoisotopic (exact) mass is 307 g/mol. The Morgan fingerprint density at radius 1 is 0.952 bits per heavy atom. The normalized spacial score (nSPS) is 13.0. The number of hydrogen-bond donors (Lipinski definition) is 3. The molecule has 0 bridgehead atoms. The fourth-order valence-corrected chi connectivity index (χ4v) is 2.88. The molecule has 3 N–H and O–H groups in total. The van der Waals surface area contributed by atoms with Crippen molar-refractivity contribution < 1.29 is 18.6 Å². The molecule has 0 saturated carbocycles. The molecule has 0 aliphatic carbocycles. The Hall–Kier alpha value is -1.73. The predicted octanol–water partition coefficient (Wildman–Crippen LogP) is 0.985. The fraction of sp³-hybridized carbons (Fsp3) is 0.200. The lowest BCUT2D eigenvalue weighted by Crippen LogP contribution is -2.33. The highest BCUT2D eigenvalue weighted by molar-refractivity contribution is 7.89. The molecule has 0 amide bonds. The number of benzene rings is 2. The lowest BCUT2D eigenvalue weighted by molar-refractivity contribution is 0.0988. The molecule has 6 heteroatoms. The Morgan fingerprint density at radius 3 is 2.10 bits per heavy atom. The molecule has 112 valence electrons. The van der Waals surface area contributed by atoms with Gasteiger partial charge in [0.05, 0.1) is 17.6 Å². The molecule has 0 fully saturated rings. The second-order valence-corrected chi connectivity index (χ2v) is 6.35. The number of rotatable bonds is 6. The Bertz CT molecular complexity index is 669. The molecule has 2 aromatic carbocycles. The van der Waals surface area contributed by atoms with E-state index in [0.29, 0.717) is 0 Å². The summed E-state index contributed by atoms with van der Waals surface area (Å²) in [6, 6.07) is 16.1. The smallest absolute Gasteiger partial charge is 0.240 e. The van der Waals surface area contributed by atoms with Gasteiger partial charge in [-0.3, -0.25) is 0 Å². The highest BCUT2D eigenvalue weighted by Crippen LogP contribution is 2.20. The molecule has 0 spiro atoms. The summed E-state index contributed by atoms with van der Waals surface area (Å²) < 4.78 is 26.2. The Balaban J connectivity index is 2.15. The molecule has 1 atom stereocenters. The van der Waals surface area contributed by atoms with Gasteiger partial charge in [0.2, 0.25) is 10.0 Å². The number of hydrogen-bond acceptors (Lipinski definition) is 4. The van der Waals surface area contributed by atoms with Crippen LogP contribution in [0, 0.1) is 0 Å². The van der Waals surface area contributed by atoms with Crippen molar-refractivity contribution in [2.24, 2.45) is 0 Å². The van der Waals surface area contributed by atoms with E-state index >= 15 is 0 Å². The maximum atomic E-state index is 12.0. The van der Waals surface area contributed by atoms with Gasteiger partial charge in [0.15, 0.2) is 0 Å². The molecule has 0 aliphatic rings. The van der Waals surface area contributed by atoms with Crippen LogP contribution in [0.15, 0.2) is 59.5 Å². The SMILES string of the molecule is O=S(=O)(NCC(O)CO)c1ccc(-c2ccccc2)cc1. The van der Waals surface area contributed by atoms with E-state index in [4.69, 9.17) is 5.11 Å². The first-order valence-corrected chi connectivity index (χ1v) is 7.95. The van der Waals surface area contributed by atoms with E-state index in [-0.39, 0.29) is 11.4 Å². The summed E-state index contributed by atoms with van der Waals surface area (Å²) in [6.07, 6.45) is -1.11. The van der Waals surface area contributed by atoms with Crippen molar-refractivity contribution in [3.05, 3.63) is 54.6 Å². The first-order valence-electron chi connectivity index (χ1n) is 6.47. The molecule has 0 radical (unpaired) electrons. The maximum absolute atomic E-state index is 12.0. The summed E-state index contributed by atoms with van der Waals surface area (Å²) in [5, 5.41) is 17.9. The van der Waals surface area contributed by atoms with Crippen molar-refractivity contribution in [1.82, 2.24) is 4.72 Å². The van der Waals surface area contributed by atoms with E-state index in [9.17, 15) is 13.5 Å². The average molecular weight is 307 g/mol. The molecule has 0 saturated heterocycles. The van der Waals surface area contributed by atoms with Crippen LogP contribution in [-0.2, 0) is 10.0 Å². The van der Waals surface area contributed by atoms with E-state index in [1.165, 1.54) is 12.1 Å². The summed E-state index contributed by atoms with van der Waals surface area (Å²) >= 11 is 0. The third kappa shape index (κ3) is 4.12. The standard InChI is InChI=1S/C15H17NO4S/c17-11-14(18)10-16-21(19,20)15-8-6-13(7-9-15)12-4-2-1-3-5-12/h1-9,14,16-18H,10-11H2. The second-order valence-electron chi connectivity index (χ2n) is 4.58. The van der Waals surface area contributed by atoms with Crippen molar-refractivity contribution in [3.63, 3.8) is 0 Å². The number of nitrogens with one attached hydrogen (secondary N) is 1. The predicted molar refractivity (Wildman–Crippen MR) is 80.2 cm³/mol. The van der Waals surface area contributed by atoms with Gasteiger partial charge in [-0.05, 0) is 23.3 Å². The summed E-state index contributed by atoms with van der Waals surface area (Å²) in [4.78, 5) is 0.118. The van der Waals surface area contributed by atoms with Crippen LogP contribution in [0.2, 0.25) is 0 Å². The maximum Gasteiger partial charge on any atom is 0.240 e. The fourth-order valence-electron chi connectivity index (χ4n) is 1.81. The topological polar surface area (TPSA) is 86.6 Å². The quantitative estimate of drug-likeness (QED) is 0.742. The van der Waals surface area contributed by atoms with Crippen molar-refractivity contribution in [3.8, 4) is 11.1 Å². The van der Waals surface area contributed by atoms with Crippen molar-refractivity contribution in [2.75, 3.05) is 13.2 Å². The largest absolute Gasteiger partial charge is 0.394 e. The minimum Gasteiger partial charge on any atom is -0.394 e. The second kappa shape index (κ2) is 6.82. The molecule has 2 aromatic rings. The summed E-state index contributed by atoms with van der Waals surface area (Å²) in [6.45, 7) is -0.714. The van der Waals surface area contributed by atoms with Crippen LogP contribution in [0.5, 0.6) is 0 Å². The molecule has 5 nitrogen and oxygen atoms in total. The van der Waals surface area contributed by atoms with Gasteiger partial charge >= 0.3 is 0 Å². The molecule has 2 rings (SSSR count). The van der Waals surface area contributed by atoms with Crippen molar-refractivity contribution >= 4 is 10.0 Å². The van der Waals surface area contributed by atoms with Crippen LogP contribution < -0.4 is 4.72 Å². The molecule has 0 aromatic heterocycles. The lowest BCUT2D eigenvalue weighted by atomic mass is 10.1. The van der Waals surface area contributed by atoms with Gasteiger partial charge in [-0.15, -0.1) is 0 Å².